The number of likely N-dealkylation sites (tertiary alicyclic amines) is 1. The van der Waals surface area contributed by atoms with Crippen LogP contribution in [-0.2, 0) is 20.8 Å². The molecule has 1 heterocycles. The van der Waals surface area contributed by atoms with E-state index in [4.69, 9.17) is 0 Å². The second-order valence-electron chi connectivity index (χ2n) is 9.71. The van der Waals surface area contributed by atoms with Crippen LogP contribution in [0.25, 0.3) is 0 Å². The topological polar surface area (TPSA) is 66.5 Å². The molecule has 0 aromatic heterocycles. The lowest BCUT2D eigenvalue weighted by atomic mass is 9.63. The number of benzene rings is 2. The highest BCUT2D eigenvalue weighted by Gasteiger charge is 2.67. The highest BCUT2D eigenvalue weighted by molar-refractivity contribution is 6.10. The van der Waals surface area contributed by atoms with Crippen LogP contribution in [0.15, 0.2) is 66.7 Å². The fourth-order valence-electron chi connectivity index (χ4n) is 6.35. The van der Waals surface area contributed by atoms with E-state index in [-0.39, 0.29) is 41.4 Å². The van der Waals surface area contributed by atoms with Gasteiger partial charge >= 0.3 is 0 Å². The summed E-state index contributed by atoms with van der Waals surface area (Å²) in [5.41, 5.74) is 2.57. The van der Waals surface area contributed by atoms with Gasteiger partial charge in [-0.05, 0) is 54.2 Å². The molecule has 1 aliphatic heterocycles. The van der Waals surface area contributed by atoms with Crippen molar-refractivity contribution in [1.29, 1.82) is 0 Å². The Balaban J connectivity index is 1.34. The molecule has 2 saturated carbocycles. The van der Waals surface area contributed by atoms with Crippen LogP contribution in [0.4, 0.5) is 5.69 Å². The zero-order chi connectivity index (χ0) is 22.0. The maximum absolute atomic E-state index is 13.7. The average Bonchev–Trinajstić information content (AvgIpc) is 3.58. The summed E-state index contributed by atoms with van der Waals surface area (Å²) in [7, 11) is 0. The third-order valence-corrected chi connectivity index (χ3v) is 7.99. The van der Waals surface area contributed by atoms with E-state index >= 15 is 0 Å². The predicted molar refractivity (Wildman–Crippen MR) is 120 cm³/mol. The Morgan fingerprint density at radius 2 is 1.53 bits per heavy atom. The van der Waals surface area contributed by atoms with Crippen molar-refractivity contribution in [3.05, 3.63) is 77.9 Å². The fraction of sp³-hybridized carbons (Fsp3) is 0.370. The number of nitrogens with one attached hydrogen (secondary N) is 1. The lowest BCUT2D eigenvalue weighted by Crippen LogP contribution is -2.49. The molecule has 2 bridgehead atoms. The first-order chi connectivity index (χ1) is 15.5. The van der Waals surface area contributed by atoms with Gasteiger partial charge in [0, 0.05) is 12.1 Å². The number of para-hydroxylation sites is 1. The highest BCUT2D eigenvalue weighted by Crippen LogP contribution is 2.65. The van der Waals surface area contributed by atoms with Gasteiger partial charge in [0.2, 0.25) is 17.7 Å². The number of carbonyl (C=O) groups excluding carboxylic acids is 3. The number of amides is 3. The van der Waals surface area contributed by atoms with E-state index in [0.29, 0.717) is 23.9 Å². The highest BCUT2D eigenvalue weighted by atomic mass is 16.2. The van der Waals surface area contributed by atoms with Gasteiger partial charge in [0.25, 0.3) is 0 Å². The molecule has 5 nitrogen and oxygen atoms in total. The summed E-state index contributed by atoms with van der Waals surface area (Å²) in [6, 6.07) is 16.3. The molecule has 7 rings (SSSR count). The van der Waals surface area contributed by atoms with E-state index in [1.165, 1.54) is 4.90 Å². The molecule has 5 heteroatoms. The standard InChI is InChI=1S/C27H26N2O3/c1-15-7-5-6-10-21(15)28-25(30)22(13-16-8-3-2-4-9-16)29-26(31)23-17-11-12-18(20-14-19(17)20)24(23)27(29)32/h2-12,17-20,22-24H,13-14H2,1H3,(H,28,30). The van der Waals surface area contributed by atoms with E-state index in [1.807, 2.05) is 61.5 Å². The van der Waals surface area contributed by atoms with Gasteiger partial charge in [-0.15, -0.1) is 0 Å². The quantitative estimate of drug-likeness (QED) is 0.587. The van der Waals surface area contributed by atoms with Crippen molar-refractivity contribution in [2.75, 3.05) is 5.32 Å². The first-order valence-corrected chi connectivity index (χ1v) is 11.5. The number of imide groups is 1. The second-order valence-corrected chi connectivity index (χ2v) is 9.71. The Kier molecular flexibility index (Phi) is 4.36. The summed E-state index contributed by atoms with van der Waals surface area (Å²) >= 11 is 0. The van der Waals surface area contributed by atoms with Gasteiger partial charge in [-0.1, -0.05) is 60.7 Å². The molecule has 1 saturated heterocycles. The maximum Gasteiger partial charge on any atom is 0.248 e. The Morgan fingerprint density at radius 1 is 0.938 bits per heavy atom. The third kappa shape index (κ3) is 2.87. The number of hydrogen-bond donors (Lipinski definition) is 1. The second kappa shape index (κ2) is 7.16. The van der Waals surface area contributed by atoms with Gasteiger partial charge in [0.1, 0.15) is 6.04 Å². The zero-order valence-corrected chi connectivity index (χ0v) is 18.0. The summed E-state index contributed by atoms with van der Waals surface area (Å²) in [4.78, 5) is 42.1. The molecule has 0 spiro atoms. The van der Waals surface area contributed by atoms with Crippen LogP contribution in [0.1, 0.15) is 17.5 Å². The Labute approximate surface area is 187 Å². The normalized spacial score (nSPS) is 32.5. The molecule has 1 N–H and O–H groups in total. The summed E-state index contributed by atoms with van der Waals surface area (Å²) in [6.45, 7) is 1.93. The molecular weight excluding hydrogens is 400 g/mol. The third-order valence-electron chi connectivity index (χ3n) is 7.99. The lowest BCUT2D eigenvalue weighted by Gasteiger charge is -2.37. The van der Waals surface area contributed by atoms with E-state index in [1.54, 1.807) is 0 Å². The minimum absolute atomic E-state index is 0.147. The molecule has 2 aromatic rings. The molecule has 5 aliphatic rings. The summed E-state index contributed by atoms with van der Waals surface area (Å²) in [5.74, 6) is 0.135. The minimum Gasteiger partial charge on any atom is -0.324 e. The van der Waals surface area contributed by atoms with Gasteiger partial charge in [-0.25, -0.2) is 0 Å². The first-order valence-electron chi connectivity index (χ1n) is 11.5. The minimum atomic E-state index is -0.863. The van der Waals surface area contributed by atoms with Gasteiger partial charge in [-0.2, -0.15) is 0 Å². The Hall–Kier alpha value is -3.21. The summed E-state index contributed by atoms with van der Waals surface area (Å²) in [6.07, 6.45) is 5.75. The monoisotopic (exact) mass is 426 g/mol. The number of rotatable bonds is 5. The van der Waals surface area contributed by atoms with Crippen molar-refractivity contribution in [2.24, 2.45) is 35.5 Å². The van der Waals surface area contributed by atoms with Crippen LogP contribution < -0.4 is 5.32 Å². The molecule has 0 radical (unpaired) electrons. The van der Waals surface area contributed by atoms with Gasteiger partial charge in [-0.3, -0.25) is 19.3 Å². The van der Waals surface area contributed by atoms with Crippen LogP contribution in [0.5, 0.6) is 0 Å². The van der Waals surface area contributed by atoms with Crippen LogP contribution in [0, 0.1) is 42.4 Å². The number of allylic oxidation sites excluding steroid dienone is 2. The Morgan fingerprint density at radius 3 is 2.16 bits per heavy atom. The number of carbonyl (C=O) groups is 3. The van der Waals surface area contributed by atoms with E-state index in [2.05, 4.69) is 17.5 Å². The number of hydrogen-bond acceptors (Lipinski definition) is 3. The van der Waals surface area contributed by atoms with Gasteiger partial charge in [0.05, 0.1) is 11.8 Å². The molecule has 7 unspecified atom stereocenters. The molecule has 2 aromatic carbocycles. The number of anilines is 1. The van der Waals surface area contributed by atoms with Crippen LogP contribution in [0.2, 0.25) is 0 Å². The number of nitrogens with zero attached hydrogens (tertiary/aromatic N) is 1. The van der Waals surface area contributed by atoms with Crippen LogP contribution in [0.3, 0.4) is 0 Å². The molecule has 7 atom stereocenters. The van der Waals surface area contributed by atoms with E-state index in [9.17, 15) is 14.4 Å². The van der Waals surface area contributed by atoms with E-state index in [0.717, 1.165) is 17.5 Å². The molecule has 32 heavy (non-hydrogen) atoms. The van der Waals surface area contributed by atoms with Crippen molar-refractivity contribution in [2.45, 2.75) is 25.8 Å². The molecular formula is C27H26N2O3. The van der Waals surface area contributed by atoms with Crippen molar-refractivity contribution < 1.29 is 14.4 Å². The molecule has 3 fully saturated rings. The van der Waals surface area contributed by atoms with Crippen LogP contribution in [-0.4, -0.2) is 28.7 Å². The predicted octanol–water partition coefficient (Wildman–Crippen LogP) is 3.60. The average molecular weight is 427 g/mol. The van der Waals surface area contributed by atoms with Crippen molar-refractivity contribution in [3.63, 3.8) is 0 Å². The Bertz CT molecular complexity index is 1100. The first kappa shape index (κ1) is 19.5. The fourth-order valence-corrected chi connectivity index (χ4v) is 6.35. The summed E-state index contributed by atoms with van der Waals surface area (Å²) < 4.78 is 0. The maximum atomic E-state index is 13.7. The van der Waals surface area contributed by atoms with Crippen molar-refractivity contribution >= 4 is 23.4 Å². The van der Waals surface area contributed by atoms with Crippen molar-refractivity contribution in [1.82, 2.24) is 4.90 Å². The van der Waals surface area contributed by atoms with Crippen molar-refractivity contribution in [3.8, 4) is 0 Å². The largest absolute Gasteiger partial charge is 0.324 e. The molecule has 3 amide bonds. The smallest absolute Gasteiger partial charge is 0.248 e. The molecule has 4 aliphatic carbocycles. The SMILES string of the molecule is Cc1ccccc1NC(=O)C(Cc1ccccc1)N1C(=O)C2C3C=CC(C4CC34)C2C1=O. The molecule has 162 valence electrons. The summed E-state index contributed by atoms with van der Waals surface area (Å²) in [5, 5.41) is 2.98. The van der Waals surface area contributed by atoms with Gasteiger partial charge < -0.3 is 5.32 Å². The number of aryl methyl sites for hydroxylation is 1. The van der Waals surface area contributed by atoms with Crippen LogP contribution >= 0.6 is 0 Å². The lowest BCUT2D eigenvalue weighted by molar-refractivity contribution is -0.146. The van der Waals surface area contributed by atoms with E-state index < -0.39 is 6.04 Å². The van der Waals surface area contributed by atoms with Gasteiger partial charge in [0.15, 0.2) is 0 Å². The zero-order valence-electron chi connectivity index (χ0n) is 18.0.